The molecular formula is C28H28N4O6. The lowest BCUT2D eigenvalue weighted by molar-refractivity contribution is -0.129. The summed E-state index contributed by atoms with van der Waals surface area (Å²) in [7, 11) is 1.44. The minimum atomic E-state index is -1.11. The summed E-state index contributed by atoms with van der Waals surface area (Å²) in [6, 6.07) is 15.6. The van der Waals surface area contributed by atoms with Crippen LogP contribution in [0.5, 0.6) is 5.75 Å². The van der Waals surface area contributed by atoms with Crippen molar-refractivity contribution in [1.29, 1.82) is 0 Å². The van der Waals surface area contributed by atoms with Gasteiger partial charge in [-0.2, -0.15) is 0 Å². The minimum absolute atomic E-state index is 0.113. The van der Waals surface area contributed by atoms with Gasteiger partial charge in [-0.05, 0) is 48.7 Å². The quantitative estimate of drug-likeness (QED) is 0.407. The Morgan fingerprint density at radius 3 is 2.39 bits per heavy atom. The average molecular weight is 517 g/mol. The summed E-state index contributed by atoms with van der Waals surface area (Å²) >= 11 is 0. The van der Waals surface area contributed by atoms with Crippen LogP contribution in [0.15, 0.2) is 75.8 Å². The van der Waals surface area contributed by atoms with Crippen LogP contribution in [0.25, 0.3) is 0 Å². The zero-order valence-electron chi connectivity index (χ0n) is 21.1. The van der Waals surface area contributed by atoms with Gasteiger partial charge in [-0.25, -0.2) is 28.4 Å². The maximum Gasteiger partial charge on any atom is 0.347 e. The molecule has 0 bridgehead atoms. The first-order valence-electron chi connectivity index (χ1n) is 12.6. The number of aromatic nitrogens is 3. The smallest absolute Gasteiger partial charge is 0.347 e. The predicted molar refractivity (Wildman–Crippen MR) is 138 cm³/mol. The molecule has 10 heteroatoms. The molecule has 1 saturated carbocycles. The second-order valence-electron chi connectivity index (χ2n) is 10.2. The zero-order chi connectivity index (χ0) is 26.8. The predicted octanol–water partition coefficient (Wildman–Crippen LogP) is 1.58. The first kappa shape index (κ1) is 24.2. The van der Waals surface area contributed by atoms with Crippen molar-refractivity contribution in [3.05, 3.63) is 92.8 Å². The van der Waals surface area contributed by atoms with Gasteiger partial charge in [0.1, 0.15) is 12.4 Å². The van der Waals surface area contributed by atoms with Gasteiger partial charge in [0.25, 0.3) is 0 Å². The van der Waals surface area contributed by atoms with Crippen molar-refractivity contribution in [3.63, 3.8) is 0 Å². The first-order chi connectivity index (χ1) is 18.3. The van der Waals surface area contributed by atoms with E-state index in [1.54, 1.807) is 36.4 Å². The number of amides is 2. The molecule has 0 radical (unpaired) electrons. The topological polar surface area (TPSA) is 116 Å². The molecule has 10 nitrogen and oxygen atoms in total. The summed E-state index contributed by atoms with van der Waals surface area (Å²) in [5.41, 5.74) is 0.189. The molecule has 0 unspecified atom stereocenters. The van der Waals surface area contributed by atoms with Crippen LogP contribution in [0.4, 0.5) is 5.69 Å². The van der Waals surface area contributed by atoms with Gasteiger partial charge in [-0.15, -0.1) is 0 Å². The number of fused-ring (bicyclic) bond motifs is 4. The van der Waals surface area contributed by atoms with Gasteiger partial charge in [0.2, 0.25) is 11.8 Å². The third kappa shape index (κ3) is 3.22. The number of ether oxygens (including phenoxy) is 1. The monoisotopic (exact) mass is 516 g/mol. The van der Waals surface area contributed by atoms with Gasteiger partial charge in [0, 0.05) is 13.0 Å². The maximum atomic E-state index is 14.2. The Bertz CT molecular complexity index is 1580. The van der Waals surface area contributed by atoms with Crippen molar-refractivity contribution in [3.8, 4) is 5.75 Å². The molecule has 196 valence electrons. The van der Waals surface area contributed by atoms with E-state index in [4.69, 9.17) is 9.84 Å². The van der Waals surface area contributed by atoms with Gasteiger partial charge < -0.3 is 9.84 Å². The standard InChI is InChI=1S/C28H28N4O6/c1-28-21(24(34)31(25(28)35)18-6-4-3-5-7-18)16-22-20(12-13-30-26(36)29(2)27(37)32(22)30)23(28)17-8-10-19(11-9-17)38-15-14-33/h3-12,21-23,33H,13-16H2,1-2H3/t21-,22+,23-,28+/m0/s1. The zero-order valence-corrected chi connectivity index (χ0v) is 21.1. The third-order valence-corrected chi connectivity index (χ3v) is 8.32. The molecule has 2 amide bonds. The number of carbonyl (C=O) groups excluding carboxylic acids is 2. The van der Waals surface area contributed by atoms with Crippen molar-refractivity contribution < 1.29 is 19.4 Å². The van der Waals surface area contributed by atoms with E-state index < -0.39 is 34.7 Å². The van der Waals surface area contributed by atoms with Crippen LogP contribution in [0.2, 0.25) is 0 Å². The number of benzene rings is 2. The van der Waals surface area contributed by atoms with Gasteiger partial charge in [-0.3, -0.25) is 9.59 Å². The Labute approximate surface area is 218 Å². The average Bonchev–Trinajstić information content (AvgIpc) is 3.27. The highest BCUT2D eigenvalue weighted by atomic mass is 16.5. The number of aliphatic hydroxyl groups excluding tert-OH is 1. The SMILES string of the molecule is Cn1c(=O)n2n(c1=O)[C@@H]1C[C@H]3C(=O)N(c4ccccc4)C(=O)[C@@]3(C)[C@@H](c3ccc(OCCO)cc3)C1=CC2. The summed E-state index contributed by atoms with van der Waals surface area (Å²) in [4.78, 5) is 55.3. The number of aliphatic hydroxyl groups is 1. The number of hydrogen-bond donors (Lipinski definition) is 1. The molecule has 6 rings (SSSR count). The number of rotatable bonds is 5. The number of imide groups is 1. The summed E-state index contributed by atoms with van der Waals surface area (Å²) in [5, 5.41) is 9.09. The van der Waals surface area contributed by atoms with Gasteiger partial charge in [-0.1, -0.05) is 36.4 Å². The van der Waals surface area contributed by atoms with E-state index in [9.17, 15) is 19.2 Å². The number of hydrogen-bond acceptors (Lipinski definition) is 6. The Kier molecular flexibility index (Phi) is 5.53. The van der Waals surface area contributed by atoms with Crippen molar-refractivity contribution in [2.24, 2.45) is 18.4 Å². The Morgan fingerprint density at radius 2 is 1.71 bits per heavy atom. The van der Waals surface area contributed by atoms with Crippen LogP contribution in [-0.4, -0.2) is 44.1 Å². The number of nitrogens with zero attached hydrogens (tertiary/aromatic N) is 4. The fraction of sp³-hybridized carbons (Fsp3) is 0.357. The summed E-state index contributed by atoms with van der Waals surface area (Å²) in [6.45, 7) is 2.08. The van der Waals surface area contributed by atoms with Crippen molar-refractivity contribution in [1.82, 2.24) is 13.9 Å². The summed E-state index contributed by atoms with van der Waals surface area (Å²) in [6.07, 6.45) is 2.16. The van der Waals surface area contributed by atoms with Gasteiger partial charge in [0.05, 0.1) is 36.2 Å². The van der Waals surface area contributed by atoms with Crippen molar-refractivity contribution >= 4 is 17.5 Å². The summed E-state index contributed by atoms with van der Waals surface area (Å²) in [5.74, 6) is -1.24. The van der Waals surface area contributed by atoms with Crippen molar-refractivity contribution in [2.75, 3.05) is 18.1 Å². The van der Waals surface area contributed by atoms with Crippen molar-refractivity contribution in [2.45, 2.75) is 31.8 Å². The van der Waals surface area contributed by atoms with E-state index in [1.165, 1.54) is 21.3 Å². The highest BCUT2D eigenvalue weighted by Gasteiger charge is 2.65. The number of anilines is 1. The lowest BCUT2D eigenvalue weighted by Gasteiger charge is -2.47. The van der Waals surface area contributed by atoms with E-state index in [0.29, 0.717) is 11.4 Å². The van der Waals surface area contributed by atoms with Crippen LogP contribution in [-0.2, 0) is 23.2 Å². The van der Waals surface area contributed by atoms with E-state index in [0.717, 1.165) is 15.7 Å². The van der Waals surface area contributed by atoms with E-state index in [-0.39, 0.29) is 38.0 Å². The molecular weight excluding hydrogens is 488 g/mol. The fourth-order valence-electron chi connectivity index (χ4n) is 6.51. The molecule has 3 heterocycles. The molecule has 3 aromatic rings. The molecule has 1 aromatic heterocycles. The molecule has 3 aliphatic rings. The number of carbonyl (C=O) groups is 2. The molecule has 38 heavy (non-hydrogen) atoms. The third-order valence-electron chi connectivity index (χ3n) is 8.32. The maximum absolute atomic E-state index is 14.2. The molecule has 2 fully saturated rings. The van der Waals surface area contributed by atoms with Gasteiger partial charge in [0.15, 0.2) is 0 Å². The van der Waals surface area contributed by atoms with E-state index in [1.807, 2.05) is 31.2 Å². The highest BCUT2D eigenvalue weighted by Crippen LogP contribution is 2.61. The molecule has 0 spiro atoms. The normalized spacial score (nSPS) is 26.0. The fourth-order valence-corrected chi connectivity index (χ4v) is 6.51. The lowest BCUT2D eigenvalue weighted by Crippen LogP contribution is -2.49. The molecule has 2 aliphatic heterocycles. The van der Waals surface area contributed by atoms with Gasteiger partial charge >= 0.3 is 11.4 Å². The van der Waals surface area contributed by atoms with Crippen LogP contribution in [0.3, 0.4) is 0 Å². The van der Waals surface area contributed by atoms with Crippen LogP contribution < -0.4 is 21.0 Å². The van der Waals surface area contributed by atoms with Crippen LogP contribution in [0.1, 0.15) is 30.9 Å². The summed E-state index contributed by atoms with van der Waals surface area (Å²) < 4.78 is 9.45. The number of allylic oxidation sites excluding steroid dienone is 2. The Hall–Kier alpha value is -4.18. The van der Waals surface area contributed by atoms with Crippen LogP contribution >= 0.6 is 0 Å². The number of para-hydroxylation sites is 1. The largest absolute Gasteiger partial charge is 0.491 e. The molecule has 1 N–H and O–H groups in total. The van der Waals surface area contributed by atoms with E-state index >= 15 is 0 Å². The minimum Gasteiger partial charge on any atom is -0.491 e. The molecule has 1 aliphatic carbocycles. The van der Waals surface area contributed by atoms with Crippen LogP contribution in [0, 0.1) is 11.3 Å². The molecule has 1 saturated heterocycles. The second-order valence-corrected chi connectivity index (χ2v) is 10.2. The highest BCUT2D eigenvalue weighted by molar-refractivity contribution is 6.24. The van der Waals surface area contributed by atoms with E-state index in [2.05, 4.69) is 0 Å². The second kappa shape index (κ2) is 8.70. The lowest BCUT2D eigenvalue weighted by atomic mass is 9.56. The Balaban J connectivity index is 1.53. The molecule has 2 aromatic carbocycles. The molecule has 4 atom stereocenters. The first-order valence-corrected chi connectivity index (χ1v) is 12.6. The Morgan fingerprint density at radius 1 is 1.00 bits per heavy atom.